The van der Waals surface area contributed by atoms with Gasteiger partial charge in [0.2, 0.25) is 0 Å². The lowest BCUT2D eigenvalue weighted by molar-refractivity contribution is 0.0953. The highest BCUT2D eigenvalue weighted by molar-refractivity contribution is 6.31. The van der Waals surface area contributed by atoms with Gasteiger partial charge in [-0.15, -0.1) is 0 Å². The predicted octanol–water partition coefficient (Wildman–Crippen LogP) is 4.08. The molecule has 4 heteroatoms. The number of amides is 1. The number of halogens is 1. The van der Waals surface area contributed by atoms with Crippen molar-refractivity contribution >= 4 is 23.2 Å². The summed E-state index contributed by atoms with van der Waals surface area (Å²) >= 11 is 5.96. The van der Waals surface area contributed by atoms with Crippen molar-refractivity contribution in [3.63, 3.8) is 0 Å². The molecule has 3 nitrogen and oxygen atoms in total. The molecule has 0 fully saturated rings. The summed E-state index contributed by atoms with van der Waals surface area (Å²) in [5.41, 5.74) is 1.45. The summed E-state index contributed by atoms with van der Waals surface area (Å²) in [5.74, 6) is -0.0602. The van der Waals surface area contributed by atoms with E-state index >= 15 is 0 Å². The van der Waals surface area contributed by atoms with Gasteiger partial charge in [-0.3, -0.25) is 4.79 Å². The minimum absolute atomic E-state index is 0.0602. The standard InChI is InChI=1S/C15H23ClN2O/c1-3-5-6-7-10-18-15(19)13-11-12(16)8-9-14(13)17-4-2/h8-9,11,17H,3-7,10H2,1-2H3,(H,18,19). The molecule has 19 heavy (non-hydrogen) atoms. The van der Waals surface area contributed by atoms with Crippen molar-refractivity contribution in [1.29, 1.82) is 0 Å². The van der Waals surface area contributed by atoms with E-state index in [9.17, 15) is 4.79 Å². The Morgan fingerprint density at radius 2 is 2.00 bits per heavy atom. The summed E-state index contributed by atoms with van der Waals surface area (Å²) in [6, 6.07) is 5.34. The van der Waals surface area contributed by atoms with E-state index in [1.54, 1.807) is 12.1 Å². The van der Waals surface area contributed by atoms with Gasteiger partial charge in [0, 0.05) is 23.8 Å². The van der Waals surface area contributed by atoms with E-state index in [4.69, 9.17) is 11.6 Å². The molecule has 0 atom stereocenters. The fourth-order valence-corrected chi connectivity index (χ4v) is 2.07. The Kier molecular flexibility index (Phi) is 7.34. The third-order valence-electron chi connectivity index (χ3n) is 2.91. The van der Waals surface area contributed by atoms with Crippen molar-refractivity contribution < 1.29 is 4.79 Å². The smallest absolute Gasteiger partial charge is 0.253 e. The summed E-state index contributed by atoms with van der Waals surface area (Å²) in [6.45, 7) is 5.67. The van der Waals surface area contributed by atoms with E-state index in [1.807, 2.05) is 13.0 Å². The molecule has 0 aliphatic heterocycles. The molecule has 0 saturated carbocycles. The van der Waals surface area contributed by atoms with Crippen molar-refractivity contribution in [1.82, 2.24) is 5.32 Å². The highest BCUT2D eigenvalue weighted by atomic mass is 35.5. The highest BCUT2D eigenvalue weighted by Gasteiger charge is 2.11. The zero-order chi connectivity index (χ0) is 14.1. The van der Waals surface area contributed by atoms with Gasteiger partial charge in [-0.25, -0.2) is 0 Å². The monoisotopic (exact) mass is 282 g/mol. The molecular weight excluding hydrogens is 260 g/mol. The first-order chi connectivity index (χ1) is 9.19. The Balaban J connectivity index is 2.57. The molecule has 0 heterocycles. The second kappa shape index (κ2) is 8.81. The molecule has 0 unspecified atom stereocenters. The Bertz CT molecular complexity index is 407. The molecule has 2 N–H and O–H groups in total. The van der Waals surface area contributed by atoms with Gasteiger partial charge >= 0.3 is 0 Å². The molecule has 0 saturated heterocycles. The molecule has 106 valence electrons. The van der Waals surface area contributed by atoms with Crippen LogP contribution in [-0.4, -0.2) is 19.0 Å². The number of nitrogens with one attached hydrogen (secondary N) is 2. The van der Waals surface area contributed by atoms with Crippen LogP contribution in [0.15, 0.2) is 18.2 Å². The van der Waals surface area contributed by atoms with Gasteiger partial charge in [0.05, 0.1) is 5.56 Å². The number of anilines is 1. The summed E-state index contributed by atoms with van der Waals surface area (Å²) in [4.78, 5) is 12.1. The van der Waals surface area contributed by atoms with Crippen LogP contribution in [0.25, 0.3) is 0 Å². The molecule has 0 spiro atoms. The van der Waals surface area contributed by atoms with Crippen molar-refractivity contribution in [3.05, 3.63) is 28.8 Å². The van der Waals surface area contributed by atoms with E-state index in [0.29, 0.717) is 10.6 Å². The predicted molar refractivity (Wildman–Crippen MR) is 82.1 cm³/mol. The SMILES string of the molecule is CCCCCCNC(=O)c1cc(Cl)ccc1NCC. The van der Waals surface area contributed by atoms with Gasteiger partial charge in [-0.1, -0.05) is 37.8 Å². The van der Waals surface area contributed by atoms with Crippen LogP contribution >= 0.6 is 11.6 Å². The Hall–Kier alpha value is -1.22. The van der Waals surface area contributed by atoms with Crippen molar-refractivity contribution in [2.24, 2.45) is 0 Å². The average Bonchev–Trinajstić information content (AvgIpc) is 2.40. The first kappa shape index (κ1) is 15.8. The van der Waals surface area contributed by atoms with E-state index in [0.717, 1.165) is 31.6 Å². The zero-order valence-electron chi connectivity index (χ0n) is 11.8. The summed E-state index contributed by atoms with van der Waals surface area (Å²) in [5, 5.41) is 6.70. The summed E-state index contributed by atoms with van der Waals surface area (Å²) in [6.07, 6.45) is 4.60. The number of benzene rings is 1. The van der Waals surface area contributed by atoms with Gasteiger partial charge in [0.25, 0.3) is 5.91 Å². The third-order valence-corrected chi connectivity index (χ3v) is 3.14. The molecule has 0 aliphatic carbocycles. The lowest BCUT2D eigenvalue weighted by Crippen LogP contribution is -2.25. The molecule has 0 radical (unpaired) electrons. The lowest BCUT2D eigenvalue weighted by atomic mass is 10.1. The Labute approximate surface area is 120 Å². The van der Waals surface area contributed by atoms with E-state index in [-0.39, 0.29) is 5.91 Å². The molecule has 1 aromatic rings. The number of carbonyl (C=O) groups is 1. The number of hydrogen-bond acceptors (Lipinski definition) is 2. The number of unbranched alkanes of at least 4 members (excludes halogenated alkanes) is 3. The average molecular weight is 283 g/mol. The maximum atomic E-state index is 12.1. The molecule has 0 aromatic heterocycles. The molecule has 0 aliphatic rings. The molecular formula is C15H23ClN2O. The number of rotatable bonds is 8. The summed E-state index contributed by atoms with van der Waals surface area (Å²) < 4.78 is 0. The summed E-state index contributed by atoms with van der Waals surface area (Å²) in [7, 11) is 0. The van der Waals surface area contributed by atoms with Crippen LogP contribution in [-0.2, 0) is 0 Å². The van der Waals surface area contributed by atoms with Crippen molar-refractivity contribution in [3.8, 4) is 0 Å². The topological polar surface area (TPSA) is 41.1 Å². The zero-order valence-corrected chi connectivity index (χ0v) is 12.5. The molecule has 1 rings (SSSR count). The molecule has 0 bridgehead atoms. The van der Waals surface area contributed by atoms with Crippen LogP contribution in [0.2, 0.25) is 5.02 Å². The van der Waals surface area contributed by atoms with Crippen LogP contribution in [0, 0.1) is 0 Å². The lowest BCUT2D eigenvalue weighted by Gasteiger charge is -2.11. The van der Waals surface area contributed by atoms with Crippen LogP contribution in [0.5, 0.6) is 0 Å². The normalized spacial score (nSPS) is 10.3. The van der Waals surface area contributed by atoms with Crippen LogP contribution in [0.3, 0.4) is 0 Å². The van der Waals surface area contributed by atoms with Gasteiger partial charge in [-0.2, -0.15) is 0 Å². The Morgan fingerprint density at radius 3 is 2.68 bits per heavy atom. The molecule has 1 aromatic carbocycles. The fourth-order valence-electron chi connectivity index (χ4n) is 1.90. The van der Waals surface area contributed by atoms with E-state index < -0.39 is 0 Å². The van der Waals surface area contributed by atoms with E-state index in [2.05, 4.69) is 17.6 Å². The van der Waals surface area contributed by atoms with Gasteiger partial charge < -0.3 is 10.6 Å². The van der Waals surface area contributed by atoms with Gasteiger partial charge in [0.15, 0.2) is 0 Å². The highest BCUT2D eigenvalue weighted by Crippen LogP contribution is 2.20. The van der Waals surface area contributed by atoms with E-state index in [1.165, 1.54) is 12.8 Å². The van der Waals surface area contributed by atoms with Crippen LogP contribution in [0.1, 0.15) is 49.9 Å². The first-order valence-corrected chi connectivity index (χ1v) is 7.38. The van der Waals surface area contributed by atoms with Gasteiger partial charge in [-0.05, 0) is 31.5 Å². The third kappa shape index (κ3) is 5.52. The second-order valence-corrected chi connectivity index (χ2v) is 4.97. The molecule has 1 amide bonds. The number of carbonyl (C=O) groups excluding carboxylic acids is 1. The van der Waals surface area contributed by atoms with Gasteiger partial charge in [0.1, 0.15) is 0 Å². The van der Waals surface area contributed by atoms with Crippen LogP contribution < -0.4 is 10.6 Å². The minimum Gasteiger partial charge on any atom is -0.385 e. The quantitative estimate of drug-likeness (QED) is 0.705. The maximum Gasteiger partial charge on any atom is 0.253 e. The largest absolute Gasteiger partial charge is 0.385 e. The first-order valence-electron chi connectivity index (χ1n) is 7.00. The minimum atomic E-state index is -0.0602. The number of hydrogen-bond donors (Lipinski definition) is 2. The van der Waals surface area contributed by atoms with Crippen LogP contribution in [0.4, 0.5) is 5.69 Å². The fraction of sp³-hybridized carbons (Fsp3) is 0.533. The second-order valence-electron chi connectivity index (χ2n) is 4.54. The van der Waals surface area contributed by atoms with Crippen molar-refractivity contribution in [2.75, 3.05) is 18.4 Å². The maximum absolute atomic E-state index is 12.1. The Morgan fingerprint density at radius 1 is 1.21 bits per heavy atom. The van der Waals surface area contributed by atoms with Crippen molar-refractivity contribution in [2.45, 2.75) is 39.5 Å².